The zero-order valence-electron chi connectivity index (χ0n) is 15.1. The van der Waals surface area contributed by atoms with E-state index in [2.05, 4.69) is 15.3 Å². The molecule has 2 aromatic carbocycles. The van der Waals surface area contributed by atoms with Crippen molar-refractivity contribution in [1.29, 1.82) is 0 Å². The van der Waals surface area contributed by atoms with Gasteiger partial charge in [0.05, 0.1) is 5.69 Å². The highest BCUT2D eigenvalue weighted by Gasteiger charge is 2.08. The van der Waals surface area contributed by atoms with Crippen LogP contribution in [0.15, 0.2) is 73.2 Å². The van der Waals surface area contributed by atoms with Gasteiger partial charge in [0, 0.05) is 40.9 Å². The van der Waals surface area contributed by atoms with E-state index < -0.39 is 0 Å². The number of fused-ring (bicyclic) bond motifs is 1. The third kappa shape index (κ3) is 3.94. The first-order valence-electron chi connectivity index (χ1n) is 8.74. The Morgan fingerprint density at radius 1 is 1.18 bits per heavy atom. The highest BCUT2D eigenvalue weighted by molar-refractivity contribution is 6.30. The van der Waals surface area contributed by atoms with Crippen LogP contribution in [0.2, 0.25) is 5.02 Å². The van der Waals surface area contributed by atoms with E-state index in [0.29, 0.717) is 10.8 Å². The fourth-order valence-corrected chi connectivity index (χ4v) is 2.93. The minimum Gasteiger partial charge on any atom is -0.322 e. The molecule has 0 aliphatic carbocycles. The zero-order chi connectivity index (χ0) is 19.5. The van der Waals surface area contributed by atoms with Crippen molar-refractivity contribution in [2.24, 2.45) is 0 Å². The number of hydrogen-bond donors (Lipinski definition) is 1. The number of anilines is 1. The molecule has 5 nitrogen and oxygen atoms in total. The maximum atomic E-state index is 12.3. The summed E-state index contributed by atoms with van der Waals surface area (Å²) in [4.78, 5) is 21.1. The van der Waals surface area contributed by atoms with Crippen molar-refractivity contribution in [3.05, 3.63) is 89.3 Å². The molecule has 6 heteroatoms. The van der Waals surface area contributed by atoms with Crippen molar-refractivity contribution in [3.8, 4) is 11.3 Å². The quantitative estimate of drug-likeness (QED) is 0.500. The Morgan fingerprint density at radius 3 is 2.79 bits per heavy atom. The molecule has 0 radical (unpaired) electrons. The van der Waals surface area contributed by atoms with E-state index in [0.717, 1.165) is 28.1 Å². The van der Waals surface area contributed by atoms with Crippen molar-refractivity contribution < 1.29 is 4.79 Å². The predicted molar refractivity (Wildman–Crippen MR) is 112 cm³/mol. The third-order valence-electron chi connectivity index (χ3n) is 4.32. The molecule has 0 aliphatic heterocycles. The first kappa shape index (κ1) is 17.9. The smallest absolute Gasteiger partial charge is 0.248 e. The Labute approximate surface area is 167 Å². The molecule has 1 N–H and O–H groups in total. The number of carbonyl (C=O) groups excluding carboxylic acids is 1. The lowest BCUT2D eigenvalue weighted by atomic mass is 10.1. The van der Waals surface area contributed by atoms with Gasteiger partial charge in [0.1, 0.15) is 0 Å². The van der Waals surface area contributed by atoms with Crippen molar-refractivity contribution >= 4 is 35.0 Å². The van der Waals surface area contributed by atoms with Crippen LogP contribution in [0.4, 0.5) is 5.69 Å². The van der Waals surface area contributed by atoms with E-state index in [9.17, 15) is 4.79 Å². The van der Waals surface area contributed by atoms with Crippen LogP contribution >= 0.6 is 11.6 Å². The Morgan fingerprint density at radius 2 is 2.00 bits per heavy atom. The largest absolute Gasteiger partial charge is 0.322 e. The number of hydrogen-bond acceptors (Lipinski definition) is 3. The number of benzene rings is 2. The van der Waals surface area contributed by atoms with Gasteiger partial charge in [0.25, 0.3) is 0 Å². The van der Waals surface area contributed by atoms with Gasteiger partial charge in [-0.3, -0.25) is 9.20 Å². The molecule has 0 atom stereocenters. The van der Waals surface area contributed by atoms with E-state index >= 15 is 0 Å². The summed E-state index contributed by atoms with van der Waals surface area (Å²) in [5.41, 5.74) is 4.33. The summed E-state index contributed by atoms with van der Waals surface area (Å²) < 4.78 is 1.86. The number of aryl methyl sites for hydroxylation is 1. The average Bonchev–Trinajstić information content (AvgIpc) is 3.13. The number of nitrogens with one attached hydrogen (secondary N) is 1. The van der Waals surface area contributed by atoms with E-state index in [1.54, 1.807) is 24.4 Å². The fraction of sp³-hybridized carbons (Fsp3) is 0.0455. The summed E-state index contributed by atoms with van der Waals surface area (Å²) in [6.45, 7) is 1.95. The monoisotopic (exact) mass is 388 g/mol. The van der Waals surface area contributed by atoms with Crippen molar-refractivity contribution in [3.63, 3.8) is 0 Å². The Hall–Kier alpha value is -3.44. The van der Waals surface area contributed by atoms with E-state index in [4.69, 9.17) is 11.6 Å². The van der Waals surface area contributed by atoms with Crippen LogP contribution in [-0.2, 0) is 4.79 Å². The molecule has 0 saturated heterocycles. The van der Waals surface area contributed by atoms with Gasteiger partial charge in [-0.25, -0.2) is 9.97 Å². The summed E-state index contributed by atoms with van der Waals surface area (Å²) in [6.07, 6.45) is 8.78. The second kappa shape index (κ2) is 7.66. The average molecular weight is 389 g/mol. The molecule has 0 unspecified atom stereocenters. The summed E-state index contributed by atoms with van der Waals surface area (Å²) in [6, 6.07) is 15.0. The van der Waals surface area contributed by atoms with Gasteiger partial charge >= 0.3 is 0 Å². The molecule has 2 aromatic heterocycles. The summed E-state index contributed by atoms with van der Waals surface area (Å²) in [5, 5.41) is 3.60. The van der Waals surface area contributed by atoms with Gasteiger partial charge in [-0.1, -0.05) is 35.9 Å². The molecule has 4 aromatic rings. The molecular formula is C22H17ClN4O. The van der Waals surface area contributed by atoms with Gasteiger partial charge < -0.3 is 5.32 Å². The Balaban J connectivity index is 1.55. The number of rotatable bonds is 4. The lowest BCUT2D eigenvalue weighted by molar-refractivity contribution is -0.111. The van der Waals surface area contributed by atoms with Crippen LogP contribution in [0.25, 0.3) is 23.1 Å². The van der Waals surface area contributed by atoms with Crippen LogP contribution in [0.1, 0.15) is 11.1 Å². The van der Waals surface area contributed by atoms with Crippen LogP contribution < -0.4 is 5.32 Å². The summed E-state index contributed by atoms with van der Waals surface area (Å²) in [5.74, 6) is 0.432. The van der Waals surface area contributed by atoms with Crippen LogP contribution in [-0.4, -0.2) is 20.3 Å². The minimum atomic E-state index is -0.202. The highest BCUT2D eigenvalue weighted by atomic mass is 35.5. The Bertz CT molecular complexity index is 1150. The predicted octanol–water partition coefficient (Wildman–Crippen LogP) is 5.01. The fourth-order valence-electron chi connectivity index (χ4n) is 2.81. The number of aromatic nitrogens is 3. The van der Waals surface area contributed by atoms with Crippen LogP contribution in [0.3, 0.4) is 0 Å². The maximum absolute atomic E-state index is 12.3. The maximum Gasteiger partial charge on any atom is 0.248 e. The van der Waals surface area contributed by atoms with Gasteiger partial charge in [-0.15, -0.1) is 0 Å². The molecule has 28 heavy (non-hydrogen) atoms. The number of halogens is 1. The van der Waals surface area contributed by atoms with Crippen molar-refractivity contribution in [2.45, 2.75) is 6.92 Å². The van der Waals surface area contributed by atoms with Gasteiger partial charge in [0.15, 0.2) is 0 Å². The number of imidazole rings is 1. The number of amides is 1. The summed E-state index contributed by atoms with van der Waals surface area (Å²) >= 11 is 5.88. The van der Waals surface area contributed by atoms with Crippen molar-refractivity contribution in [2.75, 3.05) is 5.32 Å². The molecular weight excluding hydrogens is 372 g/mol. The number of carbonyl (C=O) groups is 1. The van der Waals surface area contributed by atoms with E-state index in [-0.39, 0.29) is 5.91 Å². The summed E-state index contributed by atoms with van der Waals surface area (Å²) in [7, 11) is 0. The highest BCUT2D eigenvalue weighted by Crippen LogP contribution is 2.25. The normalized spacial score (nSPS) is 11.2. The first-order chi connectivity index (χ1) is 13.6. The van der Waals surface area contributed by atoms with Gasteiger partial charge in [-0.2, -0.15) is 0 Å². The molecule has 0 fully saturated rings. The Kier molecular flexibility index (Phi) is 4.91. The molecule has 1 amide bonds. The lowest BCUT2D eigenvalue weighted by Gasteiger charge is -2.08. The standard InChI is InChI=1S/C22H17ClN4O/c1-15-3-7-17(20-14-27-12-2-11-24-22(27)26-20)13-19(15)25-21(28)10-6-16-4-8-18(23)9-5-16/h2-14H,1H3,(H,25,28)/b10-6+. The van der Waals surface area contributed by atoms with Crippen LogP contribution in [0.5, 0.6) is 0 Å². The molecule has 0 bridgehead atoms. The molecule has 2 heterocycles. The second-order valence-corrected chi connectivity index (χ2v) is 6.79. The third-order valence-corrected chi connectivity index (χ3v) is 4.58. The first-order valence-corrected chi connectivity index (χ1v) is 9.12. The SMILES string of the molecule is Cc1ccc(-c2cn3cccnc3n2)cc1NC(=O)/C=C/c1ccc(Cl)cc1. The molecule has 0 spiro atoms. The number of nitrogens with zero attached hydrogens (tertiary/aromatic N) is 3. The minimum absolute atomic E-state index is 0.202. The lowest BCUT2D eigenvalue weighted by Crippen LogP contribution is -2.09. The van der Waals surface area contributed by atoms with E-state index in [1.807, 2.05) is 60.1 Å². The van der Waals surface area contributed by atoms with Crippen molar-refractivity contribution in [1.82, 2.24) is 14.4 Å². The van der Waals surface area contributed by atoms with Gasteiger partial charge in [-0.05, 0) is 48.4 Å². The zero-order valence-corrected chi connectivity index (χ0v) is 15.9. The molecule has 0 saturated carbocycles. The molecule has 138 valence electrons. The molecule has 4 rings (SSSR count). The topological polar surface area (TPSA) is 59.3 Å². The van der Waals surface area contributed by atoms with Crippen LogP contribution in [0, 0.1) is 6.92 Å². The molecule has 0 aliphatic rings. The van der Waals surface area contributed by atoms with E-state index in [1.165, 1.54) is 6.08 Å². The van der Waals surface area contributed by atoms with Gasteiger partial charge in [0.2, 0.25) is 11.7 Å². The second-order valence-electron chi connectivity index (χ2n) is 6.36.